The average molecular weight is 313 g/mol. The summed E-state index contributed by atoms with van der Waals surface area (Å²) in [6.07, 6.45) is 0.468. The number of aryl methyl sites for hydroxylation is 2. The summed E-state index contributed by atoms with van der Waals surface area (Å²) >= 11 is 0. The summed E-state index contributed by atoms with van der Waals surface area (Å²) in [5, 5.41) is 0.445. The molecule has 0 spiro atoms. The molecule has 0 radical (unpaired) electrons. The van der Waals surface area contributed by atoms with E-state index < -0.39 is 5.69 Å². The number of hydrogen-bond acceptors (Lipinski definition) is 3. The van der Waals surface area contributed by atoms with Crippen LogP contribution in [0.15, 0.2) is 52.1 Å². The Labute approximate surface area is 131 Å². The van der Waals surface area contributed by atoms with Gasteiger partial charge >= 0.3 is 5.69 Å². The molecule has 0 fully saturated rings. The van der Waals surface area contributed by atoms with Crippen LogP contribution in [0.25, 0.3) is 10.9 Å². The molecule has 0 atom stereocenters. The maximum Gasteiger partial charge on any atom is 0.331 e. The first kappa shape index (κ1) is 15.0. The molecule has 0 saturated carbocycles. The van der Waals surface area contributed by atoms with Gasteiger partial charge in [-0.2, -0.15) is 0 Å². The van der Waals surface area contributed by atoms with Crippen molar-refractivity contribution in [2.24, 2.45) is 7.05 Å². The molecule has 0 aliphatic carbocycles. The van der Waals surface area contributed by atoms with Crippen LogP contribution in [0, 0.1) is 5.82 Å². The predicted octanol–water partition coefficient (Wildman–Crippen LogP) is 1.66. The van der Waals surface area contributed by atoms with Crippen molar-refractivity contribution in [2.45, 2.75) is 13.0 Å². The second kappa shape index (κ2) is 5.72. The van der Waals surface area contributed by atoms with Gasteiger partial charge in [0.1, 0.15) is 5.82 Å². The van der Waals surface area contributed by atoms with Crippen LogP contribution in [0.2, 0.25) is 0 Å². The van der Waals surface area contributed by atoms with Gasteiger partial charge in [0.15, 0.2) is 0 Å². The van der Waals surface area contributed by atoms with Gasteiger partial charge in [-0.25, -0.2) is 9.18 Å². The Morgan fingerprint density at radius 1 is 1.09 bits per heavy atom. The predicted molar refractivity (Wildman–Crippen MR) is 88.0 cm³/mol. The third-order valence-electron chi connectivity index (χ3n) is 3.91. The number of anilines is 1. The molecule has 1 aromatic heterocycles. The SMILES string of the molecule is Cn1c(=O)n(CCc2ccc(F)cc2)c(=O)c2ccc(N)cc21. The fraction of sp³-hybridized carbons (Fsp3) is 0.176. The average Bonchev–Trinajstić information content (AvgIpc) is 2.54. The number of nitrogens with two attached hydrogens (primary N) is 1. The summed E-state index contributed by atoms with van der Waals surface area (Å²) in [7, 11) is 1.61. The third-order valence-corrected chi connectivity index (χ3v) is 3.91. The standard InChI is InChI=1S/C17H16FN3O2/c1-20-15-10-13(19)6-7-14(15)16(22)21(17(20)23)9-8-11-2-4-12(18)5-3-11/h2-7,10H,8-9,19H2,1H3. The lowest BCUT2D eigenvalue weighted by molar-refractivity contribution is 0.601. The molecule has 0 amide bonds. The van der Waals surface area contributed by atoms with Gasteiger partial charge in [-0.1, -0.05) is 12.1 Å². The van der Waals surface area contributed by atoms with Gasteiger partial charge < -0.3 is 5.73 Å². The highest BCUT2D eigenvalue weighted by atomic mass is 19.1. The zero-order valence-electron chi connectivity index (χ0n) is 12.6. The Kier molecular flexibility index (Phi) is 3.73. The lowest BCUT2D eigenvalue weighted by Gasteiger charge is -2.11. The van der Waals surface area contributed by atoms with Crippen LogP contribution in [0.5, 0.6) is 0 Å². The molecule has 2 N–H and O–H groups in total. The van der Waals surface area contributed by atoms with Crippen LogP contribution in [0.1, 0.15) is 5.56 Å². The van der Waals surface area contributed by atoms with Gasteiger partial charge in [-0.05, 0) is 42.3 Å². The minimum absolute atomic E-state index is 0.234. The zero-order chi connectivity index (χ0) is 16.6. The van der Waals surface area contributed by atoms with Gasteiger partial charge in [-0.15, -0.1) is 0 Å². The number of benzene rings is 2. The molecular formula is C17H16FN3O2. The molecule has 3 rings (SSSR count). The minimum atomic E-state index is -0.393. The van der Waals surface area contributed by atoms with E-state index in [1.54, 1.807) is 37.4 Å². The van der Waals surface area contributed by atoms with Gasteiger partial charge in [0.25, 0.3) is 5.56 Å². The zero-order valence-corrected chi connectivity index (χ0v) is 12.6. The van der Waals surface area contributed by atoms with E-state index in [1.807, 2.05) is 0 Å². The maximum absolute atomic E-state index is 12.9. The van der Waals surface area contributed by atoms with Crippen LogP contribution in [-0.2, 0) is 20.0 Å². The van der Waals surface area contributed by atoms with Crippen molar-refractivity contribution in [1.82, 2.24) is 9.13 Å². The Balaban J connectivity index is 2.04. The first-order chi connectivity index (χ1) is 11.0. The largest absolute Gasteiger partial charge is 0.399 e. The van der Waals surface area contributed by atoms with Crippen LogP contribution in [0.4, 0.5) is 10.1 Å². The highest BCUT2D eigenvalue weighted by molar-refractivity contribution is 5.81. The molecule has 5 nitrogen and oxygen atoms in total. The van der Waals surface area contributed by atoms with Crippen molar-refractivity contribution < 1.29 is 4.39 Å². The first-order valence-electron chi connectivity index (χ1n) is 7.21. The highest BCUT2D eigenvalue weighted by Crippen LogP contribution is 2.12. The summed E-state index contributed by atoms with van der Waals surface area (Å²) in [5.74, 6) is -0.315. The van der Waals surface area contributed by atoms with Crippen molar-refractivity contribution in [3.8, 4) is 0 Å². The van der Waals surface area contributed by atoms with Crippen LogP contribution in [0.3, 0.4) is 0 Å². The molecule has 118 valence electrons. The van der Waals surface area contributed by atoms with Crippen molar-refractivity contribution >= 4 is 16.6 Å². The van der Waals surface area contributed by atoms with Crippen LogP contribution in [-0.4, -0.2) is 9.13 Å². The van der Waals surface area contributed by atoms with Crippen molar-refractivity contribution in [2.75, 3.05) is 5.73 Å². The molecular weight excluding hydrogens is 297 g/mol. The van der Waals surface area contributed by atoms with E-state index in [4.69, 9.17) is 5.73 Å². The van der Waals surface area contributed by atoms with Crippen LogP contribution < -0.4 is 17.0 Å². The first-order valence-corrected chi connectivity index (χ1v) is 7.21. The molecule has 0 aliphatic rings. The Morgan fingerprint density at radius 3 is 2.48 bits per heavy atom. The number of rotatable bonds is 3. The van der Waals surface area contributed by atoms with Crippen LogP contribution >= 0.6 is 0 Å². The third kappa shape index (κ3) is 2.75. The summed E-state index contributed by atoms with van der Waals surface area (Å²) in [4.78, 5) is 25.0. The summed E-state index contributed by atoms with van der Waals surface area (Å²) in [6, 6.07) is 10.9. The topological polar surface area (TPSA) is 70.0 Å². The van der Waals surface area contributed by atoms with E-state index in [0.29, 0.717) is 23.0 Å². The number of halogens is 1. The molecule has 0 unspecified atom stereocenters. The number of nitrogen functional groups attached to an aromatic ring is 1. The van der Waals surface area contributed by atoms with Gasteiger partial charge in [0, 0.05) is 19.3 Å². The maximum atomic E-state index is 12.9. The molecule has 0 aliphatic heterocycles. The van der Waals surface area contributed by atoms with Crippen molar-refractivity contribution in [1.29, 1.82) is 0 Å². The second-order valence-corrected chi connectivity index (χ2v) is 5.45. The Bertz CT molecular complexity index is 988. The van der Waals surface area contributed by atoms with Gasteiger partial charge in [-0.3, -0.25) is 13.9 Å². The molecule has 1 heterocycles. The van der Waals surface area contributed by atoms with Crippen molar-refractivity contribution in [3.63, 3.8) is 0 Å². The number of hydrogen-bond donors (Lipinski definition) is 1. The van der Waals surface area contributed by atoms with Crippen molar-refractivity contribution in [3.05, 3.63) is 74.7 Å². The monoisotopic (exact) mass is 313 g/mol. The number of fused-ring (bicyclic) bond motifs is 1. The smallest absolute Gasteiger partial charge is 0.331 e. The normalized spacial score (nSPS) is 11.0. The second-order valence-electron chi connectivity index (χ2n) is 5.45. The highest BCUT2D eigenvalue weighted by Gasteiger charge is 2.11. The quantitative estimate of drug-likeness (QED) is 0.748. The molecule has 0 saturated heterocycles. The number of aromatic nitrogens is 2. The molecule has 2 aromatic carbocycles. The number of nitrogens with zero attached hydrogens (tertiary/aromatic N) is 2. The fourth-order valence-corrected chi connectivity index (χ4v) is 2.61. The molecule has 0 bridgehead atoms. The summed E-state index contributed by atoms with van der Waals surface area (Å²) in [6.45, 7) is 0.234. The lowest BCUT2D eigenvalue weighted by Crippen LogP contribution is -2.39. The van der Waals surface area contributed by atoms with E-state index in [0.717, 1.165) is 5.56 Å². The van der Waals surface area contributed by atoms with E-state index >= 15 is 0 Å². The van der Waals surface area contributed by atoms with Gasteiger partial charge in [0.2, 0.25) is 0 Å². The van der Waals surface area contributed by atoms with E-state index in [2.05, 4.69) is 0 Å². The summed E-state index contributed by atoms with van der Waals surface area (Å²) < 4.78 is 15.5. The summed E-state index contributed by atoms with van der Waals surface area (Å²) in [5.41, 5.74) is 6.85. The molecule has 23 heavy (non-hydrogen) atoms. The van der Waals surface area contributed by atoms with E-state index in [9.17, 15) is 14.0 Å². The fourth-order valence-electron chi connectivity index (χ4n) is 2.61. The van der Waals surface area contributed by atoms with E-state index in [-0.39, 0.29) is 17.9 Å². The van der Waals surface area contributed by atoms with E-state index in [1.165, 1.54) is 21.3 Å². The molecule has 6 heteroatoms. The molecule has 3 aromatic rings. The Morgan fingerprint density at radius 2 is 1.78 bits per heavy atom. The van der Waals surface area contributed by atoms with Gasteiger partial charge in [0.05, 0.1) is 10.9 Å². The Hall–Kier alpha value is -2.89. The minimum Gasteiger partial charge on any atom is -0.399 e. The lowest BCUT2D eigenvalue weighted by atomic mass is 10.1.